The maximum atomic E-state index is 11.0. The number of carbonyl (C=O) groups excluding carboxylic acids is 1. The van der Waals surface area contributed by atoms with Gasteiger partial charge in [-0.2, -0.15) is 0 Å². The van der Waals surface area contributed by atoms with E-state index in [0.29, 0.717) is 5.41 Å². The van der Waals surface area contributed by atoms with Crippen molar-refractivity contribution in [3.05, 3.63) is 0 Å². The molecule has 3 rings (SSSR count). The highest BCUT2D eigenvalue weighted by atomic mass is 16.5. The molecule has 2 heteroatoms. The highest BCUT2D eigenvalue weighted by molar-refractivity contribution is 5.62. The van der Waals surface area contributed by atoms with Crippen molar-refractivity contribution in [2.75, 3.05) is 0 Å². The lowest BCUT2D eigenvalue weighted by molar-refractivity contribution is -0.211. The van der Waals surface area contributed by atoms with Crippen molar-refractivity contribution < 1.29 is 9.53 Å². The molecule has 84 valence electrons. The lowest BCUT2D eigenvalue weighted by Crippen LogP contribution is -2.56. The topological polar surface area (TPSA) is 26.3 Å². The largest absolute Gasteiger partial charge is 0.361 e. The van der Waals surface area contributed by atoms with Crippen LogP contribution in [0.3, 0.4) is 0 Å². The SMILES string of the molecule is CC1(C=O)CCC2(CCC23CCCC3)O1. The van der Waals surface area contributed by atoms with E-state index in [0.717, 1.165) is 19.1 Å². The Morgan fingerprint density at radius 3 is 2.13 bits per heavy atom. The summed E-state index contributed by atoms with van der Waals surface area (Å²) >= 11 is 0. The normalized spacial score (nSPS) is 47.3. The summed E-state index contributed by atoms with van der Waals surface area (Å²) < 4.78 is 6.19. The molecule has 0 bridgehead atoms. The number of ether oxygens (including phenoxy) is 1. The molecule has 0 amide bonds. The lowest BCUT2D eigenvalue weighted by Gasteiger charge is -2.56. The van der Waals surface area contributed by atoms with Crippen LogP contribution < -0.4 is 0 Å². The molecule has 3 fully saturated rings. The zero-order chi connectivity index (χ0) is 10.6. The Balaban J connectivity index is 1.85. The monoisotopic (exact) mass is 208 g/mol. The highest BCUT2D eigenvalue weighted by Crippen LogP contribution is 2.66. The van der Waals surface area contributed by atoms with Crippen molar-refractivity contribution in [3.8, 4) is 0 Å². The first kappa shape index (κ1) is 9.83. The zero-order valence-electron chi connectivity index (χ0n) is 9.55. The second-order valence-corrected chi connectivity index (χ2v) is 6.01. The van der Waals surface area contributed by atoms with Crippen molar-refractivity contribution >= 4 is 6.29 Å². The molecular formula is C13H20O2. The van der Waals surface area contributed by atoms with Gasteiger partial charge in [0.05, 0.1) is 5.60 Å². The van der Waals surface area contributed by atoms with Gasteiger partial charge in [-0.25, -0.2) is 0 Å². The van der Waals surface area contributed by atoms with E-state index >= 15 is 0 Å². The summed E-state index contributed by atoms with van der Waals surface area (Å²) in [7, 11) is 0. The predicted octanol–water partition coefficient (Wildman–Crippen LogP) is 2.85. The Labute approximate surface area is 91.4 Å². The van der Waals surface area contributed by atoms with Crippen LogP contribution in [-0.2, 0) is 9.53 Å². The molecule has 2 saturated carbocycles. The summed E-state index contributed by atoms with van der Waals surface area (Å²) in [6.45, 7) is 1.95. The number of hydrogen-bond donors (Lipinski definition) is 0. The minimum atomic E-state index is -0.476. The second-order valence-electron chi connectivity index (χ2n) is 6.01. The number of hydrogen-bond acceptors (Lipinski definition) is 2. The predicted molar refractivity (Wildman–Crippen MR) is 57.7 cm³/mol. The first-order chi connectivity index (χ1) is 7.14. The smallest absolute Gasteiger partial charge is 0.151 e. The average molecular weight is 208 g/mol. The molecule has 0 N–H and O–H groups in total. The number of fused-ring (bicyclic) bond motifs is 1. The van der Waals surface area contributed by atoms with Crippen molar-refractivity contribution in [2.24, 2.45) is 5.41 Å². The van der Waals surface area contributed by atoms with E-state index in [2.05, 4.69) is 0 Å². The maximum Gasteiger partial charge on any atom is 0.151 e. The molecule has 3 aliphatic rings. The van der Waals surface area contributed by atoms with Crippen molar-refractivity contribution in [2.45, 2.75) is 69.5 Å². The molecule has 2 unspecified atom stereocenters. The van der Waals surface area contributed by atoms with Crippen LogP contribution in [0.2, 0.25) is 0 Å². The molecule has 2 atom stereocenters. The molecule has 1 saturated heterocycles. The summed E-state index contributed by atoms with van der Waals surface area (Å²) in [5.41, 5.74) is 0.0863. The molecule has 0 aromatic heterocycles. The van der Waals surface area contributed by atoms with Crippen LogP contribution in [0.25, 0.3) is 0 Å². The van der Waals surface area contributed by atoms with E-state index in [-0.39, 0.29) is 5.60 Å². The first-order valence-corrected chi connectivity index (χ1v) is 6.30. The van der Waals surface area contributed by atoms with Gasteiger partial charge >= 0.3 is 0 Å². The highest BCUT2D eigenvalue weighted by Gasteiger charge is 2.64. The fourth-order valence-electron chi connectivity index (χ4n) is 4.15. The summed E-state index contributed by atoms with van der Waals surface area (Å²) in [6.07, 6.45) is 11.0. The standard InChI is InChI=1S/C13H20O2/c1-11(10-14)6-8-13(15-11)9-7-12(13)4-2-3-5-12/h10H,2-9H2,1H3. The fourth-order valence-corrected chi connectivity index (χ4v) is 4.15. The van der Waals surface area contributed by atoms with E-state index in [4.69, 9.17) is 4.74 Å². The van der Waals surface area contributed by atoms with Crippen LogP contribution in [0.5, 0.6) is 0 Å². The Hall–Kier alpha value is -0.370. The van der Waals surface area contributed by atoms with Gasteiger partial charge in [0.25, 0.3) is 0 Å². The number of carbonyl (C=O) groups is 1. The summed E-state index contributed by atoms with van der Waals surface area (Å²) in [6, 6.07) is 0. The molecule has 0 aromatic rings. The Kier molecular flexibility index (Phi) is 1.87. The fraction of sp³-hybridized carbons (Fsp3) is 0.923. The molecule has 2 nitrogen and oxygen atoms in total. The van der Waals surface area contributed by atoms with Gasteiger partial charge in [0.15, 0.2) is 6.29 Å². The number of rotatable bonds is 1. The quantitative estimate of drug-likeness (QED) is 0.619. The number of aldehydes is 1. The minimum Gasteiger partial charge on any atom is -0.361 e. The van der Waals surface area contributed by atoms with Gasteiger partial charge in [0, 0.05) is 0 Å². The molecular weight excluding hydrogens is 188 g/mol. The van der Waals surface area contributed by atoms with Crippen molar-refractivity contribution in [3.63, 3.8) is 0 Å². The van der Waals surface area contributed by atoms with E-state index in [1.54, 1.807) is 0 Å². The summed E-state index contributed by atoms with van der Waals surface area (Å²) in [5.74, 6) is 0. The summed E-state index contributed by atoms with van der Waals surface area (Å²) in [4.78, 5) is 11.0. The Morgan fingerprint density at radius 1 is 1.00 bits per heavy atom. The molecule has 0 radical (unpaired) electrons. The van der Waals surface area contributed by atoms with E-state index < -0.39 is 5.60 Å². The van der Waals surface area contributed by atoms with Crippen LogP contribution in [-0.4, -0.2) is 17.5 Å². The van der Waals surface area contributed by atoms with Gasteiger partial charge in [-0.15, -0.1) is 0 Å². The third-order valence-corrected chi connectivity index (χ3v) is 5.24. The third kappa shape index (κ3) is 1.12. The Bertz CT molecular complexity index is 293. The molecule has 15 heavy (non-hydrogen) atoms. The van der Waals surface area contributed by atoms with Gasteiger partial charge in [0.2, 0.25) is 0 Å². The zero-order valence-corrected chi connectivity index (χ0v) is 9.55. The maximum absolute atomic E-state index is 11.0. The third-order valence-electron chi connectivity index (χ3n) is 5.24. The first-order valence-electron chi connectivity index (χ1n) is 6.30. The lowest BCUT2D eigenvalue weighted by atomic mass is 9.54. The van der Waals surface area contributed by atoms with Crippen LogP contribution in [0, 0.1) is 5.41 Å². The van der Waals surface area contributed by atoms with E-state index in [9.17, 15) is 4.79 Å². The van der Waals surface area contributed by atoms with Gasteiger partial charge in [0.1, 0.15) is 5.60 Å². The minimum absolute atomic E-state index is 0.0964. The van der Waals surface area contributed by atoms with Gasteiger partial charge in [-0.1, -0.05) is 12.8 Å². The molecule has 2 spiro atoms. The van der Waals surface area contributed by atoms with Crippen molar-refractivity contribution in [1.82, 2.24) is 0 Å². The van der Waals surface area contributed by atoms with Gasteiger partial charge in [-0.3, -0.25) is 0 Å². The summed E-state index contributed by atoms with van der Waals surface area (Å²) in [5, 5.41) is 0. The van der Waals surface area contributed by atoms with Crippen LogP contribution >= 0.6 is 0 Å². The van der Waals surface area contributed by atoms with Gasteiger partial charge < -0.3 is 9.53 Å². The second kappa shape index (κ2) is 2.85. The van der Waals surface area contributed by atoms with Gasteiger partial charge in [-0.05, 0) is 50.9 Å². The Morgan fingerprint density at radius 2 is 1.67 bits per heavy atom. The van der Waals surface area contributed by atoms with E-state index in [1.165, 1.54) is 38.5 Å². The van der Waals surface area contributed by atoms with Crippen LogP contribution in [0.4, 0.5) is 0 Å². The van der Waals surface area contributed by atoms with Crippen LogP contribution in [0.1, 0.15) is 58.3 Å². The average Bonchev–Trinajstić information content (AvgIpc) is 2.84. The molecule has 2 aliphatic carbocycles. The molecule has 1 aliphatic heterocycles. The molecule has 0 aromatic carbocycles. The molecule has 1 heterocycles. The van der Waals surface area contributed by atoms with E-state index in [1.807, 2.05) is 6.92 Å². The van der Waals surface area contributed by atoms with Crippen molar-refractivity contribution in [1.29, 1.82) is 0 Å². The van der Waals surface area contributed by atoms with Crippen LogP contribution in [0.15, 0.2) is 0 Å².